The molecule has 2 rings (SSSR count). The fourth-order valence-electron chi connectivity index (χ4n) is 2.53. The van der Waals surface area contributed by atoms with Crippen molar-refractivity contribution in [1.29, 1.82) is 0 Å². The number of carbonyl (C=O) groups excluding carboxylic acids is 1. The van der Waals surface area contributed by atoms with Gasteiger partial charge in [0, 0.05) is 18.7 Å². The molecule has 104 valence electrons. The van der Waals surface area contributed by atoms with Crippen LogP contribution in [-0.2, 0) is 0 Å². The molecular weight excluding hydrogens is 242 g/mol. The van der Waals surface area contributed by atoms with Gasteiger partial charge in [-0.1, -0.05) is 6.07 Å². The number of aliphatic hydroxyl groups is 2. The first-order chi connectivity index (χ1) is 8.88. The molecule has 0 aromatic heterocycles. The Morgan fingerprint density at radius 3 is 2.21 bits per heavy atom. The lowest BCUT2D eigenvalue weighted by Crippen LogP contribution is -2.29. The van der Waals surface area contributed by atoms with Crippen molar-refractivity contribution in [3.8, 4) is 0 Å². The molecule has 2 atom stereocenters. The second-order valence-electron chi connectivity index (χ2n) is 5.50. The third kappa shape index (κ3) is 3.03. The summed E-state index contributed by atoms with van der Waals surface area (Å²) in [5.74, 6) is 0.0434. The van der Waals surface area contributed by atoms with E-state index in [1.54, 1.807) is 4.90 Å². The Balaban J connectivity index is 2.11. The minimum absolute atomic E-state index is 0.0434. The standard InChI is InChI=1S/C15H21NO3/c1-9-4-11(3)12(5-10(9)2)13(17)6-16-7-14(18)15(19)8-16/h4-5,14-15,18-19H,6-8H2,1-3H3. The van der Waals surface area contributed by atoms with Crippen LogP contribution >= 0.6 is 0 Å². The fourth-order valence-corrected chi connectivity index (χ4v) is 2.53. The van der Waals surface area contributed by atoms with Gasteiger partial charge in [0.1, 0.15) is 0 Å². The predicted octanol–water partition coefficient (Wildman–Crippen LogP) is 0.832. The lowest BCUT2D eigenvalue weighted by atomic mass is 9.98. The number of hydrogen-bond acceptors (Lipinski definition) is 4. The molecule has 1 fully saturated rings. The van der Waals surface area contributed by atoms with Gasteiger partial charge in [-0.3, -0.25) is 9.69 Å². The highest BCUT2D eigenvalue weighted by atomic mass is 16.3. The number of aryl methyl sites for hydroxylation is 3. The summed E-state index contributed by atoms with van der Waals surface area (Å²) in [5.41, 5.74) is 4.00. The molecule has 2 N–H and O–H groups in total. The Bertz CT molecular complexity index is 488. The Kier molecular flexibility index (Phi) is 4.04. The van der Waals surface area contributed by atoms with E-state index >= 15 is 0 Å². The SMILES string of the molecule is Cc1cc(C)c(C(=O)CN2CC(O)C(O)C2)cc1C. The summed E-state index contributed by atoms with van der Waals surface area (Å²) in [6.07, 6.45) is -1.48. The molecule has 1 aliphatic heterocycles. The number of aliphatic hydroxyl groups excluding tert-OH is 2. The molecule has 1 aromatic carbocycles. The Hall–Kier alpha value is -1.23. The zero-order valence-corrected chi connectivity index (χ0v) is 11.7. The summed E-state index contributed by atoms with van der Waals surface area (Å²) in [6.45, 7) is 6.93. The zero-order valence-electron chi connectivity index (χ0n) is 11.7. The second-order valence-corrected chi connectivity index (χ2v) is 5.50. The van der Waals surface area contributed by atoms with E-state index in [0.29, 0.717) is 13.1 Å². The van der Waals surface area contributed by atoms with Crippen LogP contribution in [0.15, 0.2) is 12.1 Å². The third-order valence-electron chi connectivity index (χ3n) is 3.84. The minimum Gasteiger partial charge on any atom is -0.389 e. The van der Waals surface area contributed by atoms with Crippen LogP contribution in [0.5, 0.6) is 0 Å². The monoisotopic (exact) mass is 263 g/mol. The molecule has 0 spiro atoms. The smallest absolute Gasteiger partial charge is 0.177 e. The van der Waals surface area contributed by atoms with Gasteiger partial charge in [0.25, 0.3) is 0 Å². The molecule has 19 heavy (non-hydrogen) atoms. The van der Waals surface area contributed by atoms with Crippen LogP contribution < -0.4 is 0 Å². The van der Waals surface area contributed by atoms with Gasteiger partial charge in [0.15, 0.2) is 5.78 Å². The van der Waals surface area contributed by atoms with E-state index in [-0.39, 0.29) is 12.3 Å². The molecule has 0 amide bonds. The fraction of sp³-hybridized carbons (Fsp3) is 0.533. The molecule has 1 heterocycles. The summed E-state index contributed by atoms with van der Waals surface area (Å²) >= 11 is 0. The first kappa shape index (κ1) is 14.2. The molecule has 1 saturated heterocycles. The van der Waals surface area contributed by atoms with Crippen molar-refractivity contribution < 1.29 is 15.0 Å². The number of rotatable bonds is 3. The molecule has 0 saturated carbocycles. The minimum atomic E-state index is -0.742. The second kappa shape index (κ2) is 5.41. The first-order valence-corrected chi connectivity index (χ1v) is 6.58. The summed E-state index contributed by atoms with van der Waals surface area (Å²) in [6, 6.07) is 3.95. The molecule has 0 bridgehead atoms. The van der Waals surface area contributed by atoms with Crippen LogP contribution in [-0.4, -0.2) is 52.7 Å². The van der Waals surface area contributed by atoms with Crippen LogP contribution in [0.3, 0.4) is 0 Å². The average molecular weight is 263 g/mol. The van der Waals surface area contributed by atoms with Crippen LogP contribution in [0, 0.1) is 20.8 Å². The lowest BCUT2D eigenvalue weighted by molar-refractivity contribution is 0.0572. The maximum Gasteiger partial charge on any atom is 0.177 e. The van der Waals surface area contributed by atoms with E-state index in [0.717, 1.165) is 16.7 Å². The van der Waals surface area contributed by atoms with Crippen molar-refractivity contribution >= 4 is 5.78 Å². The summed E-state index contributed by atoms with van der Waals surface area (Å²) in [4.78, 5) is 14.1. The summed E-state index contributed by atoms with van der Waals surface area (Å²) in [5, 5.41) is 19.0. The van der Waals surface area contributed by atoms with E-state index in [4.69, 9.17) is 0 Å². The highest BCUT2D eigenvalue weighted by molar-refractivity contribution is 5.99. The van der Waals surface area contributed by atoms with Gasteiger partial charge in [-0.2, -0.15) is 0 Å². The van der Waals surface area contributed by atoms with Gasteiger partial charge < -0.3 is 10.2 Å². The molecule has 2 unspecified atom stereocenters. The van der Waals surface area contributed by atoms with Crippen molar-refractivity contribution in [2.24, 2.45) is 0 Å². The van der Waals surface area contributed by atoms with Gasteiger partial charge in [-0.05, 0) is 43.5 Å². The molecule has 4 nitrogen and oxygen atoms in total. The predicted molar refractivity (Wildman–Crippen MR) is 73.4 cm³/mol. The van der Waals surface area contributed by atoms with E-state index < -0.39 is 12.2 Å². The third-order valence-corrected chi connectivity index (χ3v) is 3.84. The molecule has 0 radical (unpaired) electrons. The van der Waals surface area contributed by atoms with Gasteiger partial charge in [-0.25, -0.2) is 0 Å². The number of likely N-dealkylation sites (tertiary alicyclic amines) is 1. The average Bonchev–Trinajstić information content (AvgIpc) is 2.62. The number of β-amino-alcohol motifs (C(OH)–C–C–N with tert-alkyl or cyclic N) is 2. The molecular formula is C15H21NO3. The van der Waals surface area contributed by atoms with Crippen LogP contribution in [0.4, 0.5) is 0 Å². The van der Waals surface area contributed by atoms with E-state index in [9.17, 15) is 15.0 Å². The number of benzene rings is 1. The molecule has 4 heteroatoms. The Morgan fingerprint density at radius 1 is 1.11 bits per heavy atom. The van der Waals surface area contributed by atoms with Crippen molar-refractivity contribution in [3.63, 3.8) is 0 Å². The van der Waals surface area contributed by atoms with Crippen LogP contribution in [0.2, 0.25) is 0 Å². The Morgan fingerprint density at radius 2 is 1.63 bits per heavy atom. The Labute approximate surface area is 113 Å². The van der Waals surface area contributed by atoms with Gasteiger partial charge in [0.05, 0.1) is 18.8 Å². The largest absolute Gasteiger partial charge is 0.389 e. The lowest BCUT2D eigenvalue weighted by Gasteiger charge is -2.15. The quantitative estimate of drug-likeness (QED) is 0.793. The molecule has 1 aromatic rings. The number of ketones is 1. The maximum atomic E-state index is 12.3. The first-order valence-electron chi connectivity index (χ1n) is 6.58. The highest BCUT2D eigenvalue weighted by Crippen LogP contribution is 2.17. The van der Waals surface area contributed by atoms with Crippen molar-refractivity contribution in [2.45, 2.75) is 33.0 Å². The summed E-state index contributed by atoms with van der Waals surface area (Å²) < 4.78 is 0. The number of Topliss-reactive ketones (excluding diaryl/α,β-unsaturated/α-hetero) is 1. The van der Waals surface area contributed by atoms with Crippen LogP contribution in [0.1, 0.15) is 27.0 Å². The number of carbonyl (C=O) groups is 1. The number of nitrogens with zero attached hydrogens (tertiary/aromatic N) is 1. The molecule has 1 aliphatic rings. The summed E-state index contributed by atoms with van der Waals surface area (Å²) in [7, 11) is 0. The molecule has 0 aliphatic carbocycles. The normalized spacial score (nSPS) is 23.8. The van der Waals surface area contributed by atoms with E-state index in [1.807, 2.05) is 32.9 Å². The zero-order chi connectivity index (χ0) is 14.2. The van der Waals surface area contributed by atoms with Crippen molar-refractivity contribution in [2.75, 3.05) is 19.6 Å². The van der Waals surface area contributed by atoms with Gasteiger partial charge in [0.2, 0.25) is 0 Å². The van der Waals surface area contributed by atoms with E-state index in [1.165, 1.54) is 5.56 Å². The maximum absolute atomic E-state index is 12.3. The number of hydrogen-bond donors (Lipinski definition) is 2. The topological polar surface area (TPSA) is 60.8 Å². The van der Waals surface area contributed by atoms with Gasteiger partial charge in [-0.15, -0.1) is 0 Å². The van der Waals surface area contributed by atoms with Gasteiger partial charge >= 0.3 is 0 Å². The van der Waals surface area contributed by atoms with E-state index in [2.05, 4.69) is 0 Å². The van der Waals surface area contributed by atoms with Crippen molar-refractivity contribution in [3.05, 3.63) is 34.4 Å². The highest BCUT2D eigenvalue weighted by Gasteiger charge is 2.30. The van der Waals surface area contributed by atoms with Crippen LogP contribution in [0.25, 0.3) is 0 Å². The van der Waals surface area contributed by atoms with Crippen molar-refractivity contribution in [1.82, 2.24) is 4.90 Å².